The number of nitrogens with zero attached hydrogens (tertiary/aromatic N) is 3. The van der Waals surface area contributed by atoms with E-state index in [1.807, 2.05) is 6.92 Å². The van der Waals surface area contributed by atoms with E-state index in [2.05, 4.69) is 17.1 Å². The number of nitrogens with two attached hydrogens (primary N) is 1. The third kappa shape index (κ3) is 1.78. The van der Waals surface area contributed by atoms with Crippen molar-refractivity contribution in [2.24, 2.45) is 21.6 Å². The molecule has 4 rings (SSSR count). The Balaban J connectivity index is 1.98. The van der Waals surface area contributed by atoms with E-state index in [4.69, 9.17) is 29.4 Å². The zero-order chi connectivity index (χ0) is 20.3. The number of amidine groups is 1. The van der Waals surface area contributed by atoms with E-state index in [-0.39, 0.29) is 18.5 Å². The van der Waals surface area contributed by atoms with Crippen LogP contribution in [0.4, 0.5) is 0 Å². The van der Waals surface area contributed by atoms with E-state index < -0.39 is 22.7 Å². The summed E-state index contributed by atoms with van der Waals surface area (Å²) < 4.78 is 28.1. The topological polar surface area (TPSA) is 132 Å². The molecule has 2 heterocycles. The van der Waals surface area contributed by atoms with E-state index in [9.17, 15) is 10.5 Å². The number of fused-ring (bicyclic) bond motifs is 2. The van der Waals surface area contributed by atoms with Crippen molar-refractivity contribution in [3.63, 3.8) is 0 Å². The highest BCUT2D eigenvalue weighted by atomic mass is 16.8. The molecule has 146 valence electrons. The molecule has 5 atom stereocenters. The molecule has 2 fully saturated rings. The lowest BCUT2D eigenvalue weighted by atomic mass is 9.93. The SMILES string of the molecule is COc1cc(OC)c(C2C3(C#N)C(N)=NC4(OCC(C)O4)C23C#N)c(OC)c1. The highest BCUT2D eigenvalue weighted by Gasteiger charge is 2.95. The summed E-state index contributed by atoms with van der Waals surface area (Å²) in [6, 6.07) is 7.82. The van der Waals surface area contributed by atoms with Crippen LogP contribution in [0.25, 0.3) is 0 Å². The zero-order valence-electron chi connectivity index (χ0n) is 16.0. The fraction of sp³-hybridized carbons (Fsp3) is 0.526. The number of methoxy groups -OCH3 is 3. The van der Waals surface area contributed by atoms with Crippen molar-refractivity contribution in [2.75, 3.05) is 27.9 Å². The molecule has 2 N–H and O–H groups in total. The summed E-state index contributed by atoms with van der Waals surface area (Å²) in [6.07, 6.45) is -0.294. The molecule has 1 aromatic rings. The third-order valence-electron chi connectivity index (χ3n) is 5.84. The normalized spacial score (nSPS) is 37.6. The van der Waals surface area contributed by atoms with Crippen LogP contribution in [0.15, 0.2) is 17.1 Å². The number of aliphatic imine (C=N–C) groups is 1. The van der Waals surface area contributed by atoms with Gasteiger partial charge in [0.1, 0.15) is 28.5 Å². The van der Waals surface area contributed by atoms with Gasteiger partial charge in [0.25, 0.3) is 5.91 Å². The predicted molar refractivity (Wildman–Crippen MR) is 95.8 cm³/mol. The quantitative estimate of drug-likeness (QED) is 0.821. The maximum absolute atomic E-state index is 10.3. The van der Waals surface area contributed by atoms with Gasteiger partial charge < -0.3 is 29.4 Å². The van der Waals surface area contributed by atoms with Crippen LogP contribution in [0.5, 0.6) is 17.2 Å². The number of benzene rings is 1. The average molecular weight is 384 g/mol. The van der Waals surface area contributed by atoms with Crippen molar-refractivity contribution in [1.82, 2.24) is 0 Å². The predicted octanol–water partition coefficient (Wildman–Crippen LogP) is 1.29. The molecule has 9 heteroatoms. The van der Waals surface area contributed by atoms with E-state index in [1.54, 1.807) is 12.1 Å². The molecule has 3 aliphatic rings. The lowest BCUT2D eigenvalue weighted by molar-refractivity contribution is -0.193. The number of hydrogen-bond acceptors (Lipinski definition) is 9. The van der Waals surface area contributed by atoms with Gasteiger partial charge in [0.2, 0.25) is 0 Å². The van der Waals surface area contributed by atoms with Crippen LogP contribution in [0.1, 0.15) is 18.4 Å². The lowest BCUT2D eigenvalue weighted by Crippen LogP contribution is -2.39. The minimum atomic E-state index is -1.64. The Morgan fingerprint density at radius 1 is 1.14 bits per heavy atom. The Kier molecular flexibility index (Phi) is 3.76. The third-order valence-corrected chi connectivity index (χ3v) is 5.84. The molecule has 0 amide bonds. The molecule has 9 nitrogen and oxygen atoms in total. The molecule has 1 saturated carbocycles. The highest BCUT2D eigenvalue weighted by molar-refractivity contribution is 6.01. The maximum Gasteiger partial charge on any atom is 0.293 e. The Hall–Kier alpha value is -3.01. The summed E-state index contributed by atoms with van der Waals surface area (Å²) in [6.45, 7) is 2.05. The molecule has 1 aliphatic carbocycles. The lowest BCUT2D eigenvalue weighted by Gasteiger charge is -2.27. The van der Waals surface area contributed by atoms with Crippen LogP contribution in [0.2, 0.25) is 0 Å². The molecule has 0 aromatic heterocycles. The van der Waals surface area contributed by atoms with Crippen LogP contribution < -0.4 is 19.9 Å². The van der Waals surface area contributed by atoms with Gasteiger partial charge in [-0.3, -0.25) is 0 Å². The number of rotatable bonds is 4. The van der Waals surface area contributed by atoms with Crippen LogP contribution in [-0.4, -0.2) is 45.8 Å². The van der Waals surface area contributed by atoms with Gasteiger partial charge in [-0.15, -0.1) is 0 Å². The fourth-order valence-electron chi connectivity index (χ4n) is 4.61. The summed E-state index contributed by atoms with van der Waals surface area (Å²) in [5.74, 6) is -1.01. The first-order valence-corrected chi connectivity index (χ1v) is 8.71. The van der Waals surface area contributed by atoms with Crippen molar-refractivity contribution in [3.8, 4) is 29.4 Å². The molecule has 1 saturated heterocycles. The summed E-state index contributed by atoms with van der Waals surface area (Å²) in [5, 5.41) is 20.4. The molecule has 5 unspecified atom stereocenters. The summed E-state index contributed by atoms with van der Waals surface area (Å²) in [4.78, 5) is 4.31. The van der Waals surface area contributed by atoms with Gasteiger partial charge in [-0.2, -0.15) is 10.5 Å². The number of hydrogen-bond donors (Lipinski definition) is 1. The van der Waals surface area contributed by atoms with Crippen molar-refractivity contribution in [3.05, 3.63) is 17.7 Å². The van der Waals surface area contributed by atoms with Gasteiger partial charge in [0, 0.05) is 23.6 Å². The first-order chi connectivity index (χ1) is 13.4. The van der Waals surface area contributed by atoms with E-state index in [1.165, 1.54) is 21.3 Å². The van der Waals surface area contributed by atoms with E-state index in [0.717, 1.165) is 0 Å². The largest absolute Gasteiger partial charge is 0.496 e. The standard InChI is InChI=1S/C19H20N4O5/c1-10-7-27-19(28-10)18(9-21)15(17(18,8-20)16(22)23-19)14-12(25-3)5-11(24-2)6-13(14)26-4/h5-6,10,15H,7H2,1-4H3,(H2,22,23). The average Bonchev–Trinajstić information content (AvgIpc) is 3.08. The smallest absolute Gasteiger partial charge is 0.293 e. The highest BCUT2D eigenvalue weighted by Crippen LogP contribution is 2.84. The van der Waals surface area contributed by atoms with Crippen molar-refractivity contribution in [1.29, 1.82) is 10.5 Å². The van der Waals surface area contributed by atoms with Crippen molar-refractivity contribution in [2.45, 2.75) is 24.9 Å². The van der Waals surface area contributed by atoms with Crippen molar-refractivity contribution < 1.29 is 23.7 Å². The van der Waals surface area contributed by atoms with Crippen LogP contribution in [0.3, 0.4) is 0 Å². The van der Waals surface area contributed by atoms with Gasteiger partial charge in [-0.1, -0.05) is 0 Å². The van der Waals surface area contributed by atoms with Crippen LogP contribution in [-0.2, 0) is 9.47 Å². The first kappa shape index (κ1) is 18.4. The Bertz CT molecular complexity index is 941. The van der Waals surface area contributed by atoms with Gasteiger partial charge in [0.15, 0.2) is 5.41 Å². The monoisotopic (exact) mass is 384 g/mol. The van der Waals surface area contributed by atoms with Crippen LogP contribution >= 0.6 is 0 Å². The maximum atomic E-state index is 10.3. The van der Waals surface area contributed by atoms with E-state index >= 15 is 0 Å². The molecule has 1 aromatic carbocycles. The Labute approximate surface area is 162 Å². The summed E-state index contributed by atoms with van der Waals surface area (Å²) in [7, 11) is 4.51. The second-order valence-corrected chi connectivity index (χ2v) is 7.04. The molecular weight excluding hydrogens is 364 g/mol. The summed E-state index contributed by atoms with van der Waals surface area (Å²) >= 11 is 0. The molecule has 1 spiro atoms. The van der Waals surface area contributed by atoms with E-state index in [0.29, 0.717) is 22.8 Å². The molecule has 2 aliphatic heterocycles. The second kappa shape index (κ2) is 5.74. The van der Waals surface area contributed by atoms with Gasteiger partial charge >= 0.3 is 0 Å². The molecule has 0 radical (unpaired) electrons. The Morgan fingerprint density at radius 3 is 2.21 bits per heavy atom. The second-order valence-electron chi connectivity index (χ2n) is 7.04. The number of nitriles is 2. The van der Waals surface area contributed by atoms with Crippen LogP contribution in [0, 0.1) is 33.5 Å². The first-order valence-electron chi connectivity index (χ1n) is 8.71. The zero-order valence-corrected chi connectivity index (χ0v) is 16.0. The number of ether oxygens (including phenoxy) is 5. The fourth-order valence-corrected chi connectivity index (χ4v) is 4.61. The van der Waals surface area contributed by atoms with Crippen molar-refractivity contribution >= 4 is 5.84 Å². The molecular formula is C19H20N4O5. The Morgan fingerprint density at radius 2 is 1.79 bits per heavy atom. The van der Waals surface area contributed by atoms with Gasteiger partial charge in [-0.05, 0) is 6.92 Å². The molecule has 28 heavy (non-hydrogen) atoms. The van der Waals surface area contributed by atoms with Gasteiger partial charge in [-0.25, -0.2) is 4.99 Å². The molecule has 0 bridgehead atoms. The minimum Gasteiger partial charge on any atom is -0.496 e. The minimum absolute atomic E-state index is 0.00979. The summed E-state index contributed by atoms with van der Waals surface area (Å²) in [5.41, 5.74) is 3.85. The van der Waals surface area contributed by atoms with Gasteiger partial charge in [0.05, 0.1) is 46.2 Å².